The first-order valence-corrected chi connectivity index (χ1v) is 7.38. The summed E-state index contributed by atoms with van der Waals surface area (Å²) in [4.78, 5) is 8.47. The van der Waals surface area contributed by atoms with E-state index >= 15 is 0 Å². The average molecular weight is 285 g/mol. The van der Waals surface area contributed by atoms with Crippen molar-refractivity contribution in [2.24, 2.45) is 11.3 Å². The van der Waals surface area contributed by atoms with Crippen molar-refractivity contribution in [3.05, 3.63) is 6.07 Å². The number of aliphatic hydroxyl groups excluding tert-OH is 1. The molecule has 1 rings (SSSR count). The molecule has 0 bridgehead atoms. The van der Waals surface area contributed by atoms with Crippen molar-refractivity contribution in [1.29, 1.82) is 0 Å². The van der Waals surface area contributed by atoms with Crippen LogP contribution in [0, 0.1) is 5.41 Å². The maximum absolute atomic E-state index is 9.95. The molecule has 5 N–H and O–H groups in total. The standard InChI is InChI=1S/C12H23N5OS/c1-12(2,3)6-8(18)7-14-9-5-10(17-13)16-11(15-9)19-4/h5,8,18H,6-7,13H2,1-4H3,(H2,14,15,16,17). The summed E-state index contributed by atoms with van der Waals surface area (Å²) in [6, 6.07) is 1.71. The summed E-state index contributed by atoms with van der Waals surface area (Å²) in [7, 11) is 0. The zero-order valence-electron chi connectivity index (χ0n) is 11.9. The number of nitrogens with zero attached hydrogens (tertiary/aromatic N) is 2. The lowest BCUT2D eigenvalue weighted by Gasteiger charge is -2.22. The van der Waals surface area contributed by atoms with Crippen LogP contribution in [0.3, 0.4) is 0 Å². The Bertz CT molecular complexity index is 385. The Hall–Kier alpha value is -1.05. The van der Waals surface area contributed by atoms with Crippen molar-refractivity contribution in [2.75, 3.05) is 23.5 Å². The van der Waals surface area contributed by atoms with Crippen LogP contribution in [0.15, 0.2) is 11.2 Å². The Morgan fingerprint density at radius 2 is 2.00 bits per heavy atom. The number of nitrogens with one attached hydrogen (secondary N) is 2. The van der Waals surface area contributed by atoms with E-state index in [1.807, 2.05) is 6.26 Å². The van der Waals surface area contributed by atoms with Crippen LogP contribution in [-0.2, 0) is 0 Å². The molecule has 0 aliphatic heterocycles. The Balaban J connectivity index is 2.62. The van der Waals surface area contributed by atoms with Crippen LogP contribution in [0.2, 0.25) is 0 Å². The average Bonchev–Trinajstić information content (AvgIpc) is 2.33. The van der Waals surface area contributed by atoms with Crippen LogP contribution in [0.25, 0.3) is 0 Å². The quantitative estimate of drug-likeness (QED) is 0.273. The highest BCUT2D eigenvalue weighted by molar-refractivity contribution is 7.98. The number of hydrogen-bond donors (Lipinski definition) is 4. The van der Waals surface area contributed by atoms with Crippen LogP contribution in [0.4, 0.5) is 11.6 Å². The van der Waals surface area contributed by atoms with Gasteiger partial charge in [-0.05, 0) is 18.1 Å². The Morgan fingerprint density at radius 1 is 1.37 bits per heavy atom. The van der Waals surface area contributed by atoms with Gasteiger partial charge < -0.3 is 15.8 Å². The van der Waals surface area contributed by atoms with E-state index in [1.165, 1.54) is 11.8 Å². The smallest absolute Gasteiger partial charge is 0.191 e. The zero-order valence-corrected chi connectivity index (χ0v) is 12.7. The monoisotopic (exact) mass is 285 g/mol. The molecular weight excluding hydrogens is 262 g/mol. The van der Waals surface area contributed by atoms with E-state index in [0.29, 0.717) is 23.3 Å². The number of hydrazine groups is 1. The number of hydrogen-bond acceptors (Lipinski definition) is 7. The minimum atomic E-state index is -0.415. The molecule has 108 valence electrons. The molecule has 1 heterocycles. The molecule has 0 saturated heterocycles. The van der Waals surface area contributed by atoms with Crippen LogP contribution in [-0.4, -0.2) is 34.0 Å². The summed E-state index contributed by atoms with van der Waals surface area (Å²) in [6.07, 6.45) is 2.21. The minimum absolute atomic E-state index is 0.0984. The van der Waals surface area contributed by atoms with Gasteiger partial charge in [0.1, 0.15) is 11.6 Å². The molecule has 0 fully saturated rings. The van der Waals surface area contributed by atoms with Crippen LogP contribution < -0.4 is 16.6 Å². The van der Waals surface area contributed by atoms with Crippen molar-refractivity contribution in [3.63, 3.8) is 0 Å². The number of aromatic nitrogens is 2. The minimum Gasteiger partial charge on any atom is -0.391 e. The molecule has 0 amide bonds. The van der Waals surface area contributed by atoms with Gasteiger partial charge in [0.05, 0.1) is 6.10 Å². The summed E-state index contributed by atoms with van der Waals surface area (Å²) in [6.45, 7) is 6.75. The lowest BCUT2D eigenvalue weighted by atomic mass is 9.89. The number of nitrogens with two attached hydrogens (primary N) is 1. The van der Waals surface area contributed by atoms with Crippen LogP contribution >= 0.6 is 11.8 Å². The fraction of sp³-hybridized carbons (Fsp3) is 0.667. The van der Waals surface area contributed by atoms with Gasteiger partial charge in [0, 0.05) is 12.6 Å². The largest absolute Gasteiger partial charge is 0.391 e. The summed E-state index contributed by atoms with van der Waals surface area (Å²) < 4.78 is 0. The predicted octanol–water partition coefficient (Wildman–Crippen LogP) is 1.69. The van der Waals surface area contributed by atoms with E-state index in [0.717, 1.165) is 6.42 Å². The summed E-state index contributed by atoms with van der Waals surface area (Å²) in [5, 5.41) is 13.7. The van der Waals surface area contributed by atoms with Crippen molar-refractivity contribution in [1.82, 2.24) is 9.97 Å². The zero-order chi connectivity index (χ0) is 14.5. The Labute approximate surface area is 118 Å². The maximum atomic E-state index is 9.95. The molecule has 0 aliphatic carbocycles. The summed E-state index contributed by atoms with van der Waals surface area (Å²) >= 11 is 1.44. The van der Waals surface area contributed by atoms with Crippen molar-refractivity contribution in [3.8, 4) is 0 Å². The molecular formula is C12H23N5OS. The highest BCUT2D eigenvalue weighted by Crippen LogP contribution is 2.21. The molecule has 1 atom stereocenters. The van der Waals surface area contributed by atoms with Gasteiger partial charge in [0.15, 0.2) is 5.16 Å². The summed E-state index contributed by atoms with van der Waals surface area (Å²) in [5.41, 5.74) is 2.60. The van der Waals surface area contributed by atoms with Gasteiger partial charge in [0.25, 0.3) is 0 Å². The topological polar surface area (TPSA) is 96.1 Å². The van der Waals surface area contributed by atoms with Crippen molar-refractivity contribution in [2.45, 2.75) is 38.5 Å². The number of rotatable bonds is 6. The van der Waals surface area contributed by atoms with E-state index in [4.69, 9.17) is 5.84 Å². The van der Waals surface area contributed by atoms with Crippen molar-refractivity contribution < 1.29 is 5.11 Å². The van der Waals surface area contributed by atoms with Gasteiger partial charge in [-0.1, -0.05) is 32.5 Å². The molecule has 0 radical (unpaired) electrons. The molecule has 0 aromatic carbocycles. The summed E-state index contributed by atoms with van der Waals surface area (Å²) in [5.74, 6) is 6.56. The lowest BCUT2D eigenvalue weighted by molar-refractivity contribution is 0.132. The highest BCUT2D eigenvalue weighted by Gasteiger charge is 2.16. The van der Waals surface area contributed by atoms with Crippen molar-refractivity contribution >= 4 is 23.4 Å². The second kappa shape index (κ2) is 6.93. The van der Waals surface area contributed by atoms with E-state index in [1.54, 1.807) is 6.07 Å². The van der Waals surface area contributed by atoms with Gasteiger partial charge in [-0.3, -0.25) is 0 Å². The second-order valence-electron chi connectivity index (χ2n) is 5.57. The number of aliphatic hydroxyl groups is 1. The molecule has 1 aromatic heterocycles. The third-order valence-corrected chi connectivity index (χ3v) is 2.95. The normalized spacial score (nSPS) is 13.2. The fourth-order valence-corrected chi connectivity index (χ4v) is 2.06. The first kappa shape index (κ1) is 16.0. The fourth-order valence-electron chi connectivity index (χ4n) is 1.68. The van der Waals surface area contributed by atoms with Gasteiger partial charge >= 0.3 is 0 Å². The molecule has 0 spiro atoms. The number of anilines is 2. The van der Waals surface area contributed by atoms with E-state index < -0.39 is 6.10 Å². The predicted molar refractivity (Wildman–Crippen MR) is 80.2 cm³/mol. The SMILES string of the molecule is CSc1nc(NN)cc(NCC(O)CC(C)(C)C)n1. The third kappa shape index (κ3) is 6.09. The number of nitrogen functional groups attached to an aromatic ring is 1. The van der Waals surface area contributed by atoms with Gasteiger partial charge in [-0.15, -0.1) is 0 Å². The molecule has 1 aromatic rings. The van der Waals surface area contributed by atoms with Gasteiger partial charge in [-0.25, -0.2) is 15.8 Å². The first-order valence-electron chi connectivity index (χ1n) is 6.15. The van der Waals surface area contributed by atoms with Gasteiger partial charge in [-0.2, -0.15) is 0 Å². The number of thioether (sulfide) groups is 1. The van der Waals surface area contributed by atoms with Crippen LogP contribution in [0.1, 0.15) is 27.2 Å². The lowest BCUT2D eigenvalue weighted by Crippen LogP contribution is -2.25. The van der Waals surface area contributed by atoms with Gasteiger partial charge in [0.2, 0.25) is 0 Å². The Kier molecular flexibility index (Phi) is 5.84. The van der Waals surface area contributed by atoms with E-state index in [9.17, 15) is 5.11 Å². The Morgan fingerprint density at radius 3 is 2.53 bits per heavy atom. The molecule has 1 unspecified atom stereocenters. The third-order valence-electron chi connectivity index (χ3n) is 2.40. The molecule has 19 heavy (non-hydrogen) atoms. The highest BCUT2D eigenvalue weighted by atomic mass is 32.2. The molecule has 7 heteroatoms. The van der Waals surface area contributed by atoms with Crippen LogP contribution in [0.5, 0.6) is 0 Å². The molecule has 6 nitrogen and oxygen atoms in total. The first-order chi connectivity index (χ1) is 8.84. The maximum Gasteiger partial charge on any atom is 0.191 e. The van der Waals surface area contributed by atoms with E-state index in [2.05, 4.69) is 41.5 Å². The molecule has 0 aliphatic rings. The van der Waals surface area contributed by atoms with E-state index in [-0.39, 0.29) is 5.41 Å². The molecule has 0 saturated carbocycles. The second-order valence-corrected chi connectivity index (χ2v) is 6.34.